The Labute approximate surface area is 174 Å². The van der Waals surface area contributed by atoms with Crippen molar-refractivity contribution in [3.8, 4) is 6.07 Å². The molecule has 3 aromatic rings. The van der Waals surface area contributed by atoms with Gasteiger partial charge < -0.3 is 5.32 Å². The fourth-order valence-electron chi connectivity index (χ4n) is 3.97. The van der Waals surface area contributed by atoms with Crippen LogP contribution in [0.1, 0.15) is 40.1 Å². The zero-order valence-electron chi connectivity index (χ0n) is 15.7. The second-order valence-corrected chi connectivity index (χ2v) is 8.31. The van der Waals surface area contributed by atoms with Gasteiger partial charge in [-0.3, -0.25) is 4.79 Å². The Morgan fingerprint density at radius 2 is 1.97 bits per heavy atom. The molecule has 0 spiro atoms. The molecule has 0 saturated heterocycles. The van der Waals surface area contributed by atoms with E-state index in [0.717, 1.165) is 16.7 Å². The molecule has 0 bridgehead atoms. The molecule has 0 unspecified atom stereocenters. The summed E-state index contributed by atoms with van der Waals surface area (Å²) in [5.74, 6) is -0.812. The van der Waals surface area contributed by atoms with Gasteiger partial charge in [-0.2, -0.15) is 18.4 Å². The molecule has 1 N–H and O–H groups in total. The maximum atomic E-state index is 13.3. The molecule has 2 atom stereocenters. The first-order chi connectivity index (χ1) is 14.2. The van der Waals surface area contributed by atoms with E-state index in [4.69, 9.17) is 0 Å². The second-order valence-electron chi connectivity index (χ2n) is 7.33. The molecule has 0 aliphatic heterocycles. The summed E-state index contributed by atoms with van der Waals surface area (Å²) >= 11 is 0.290. The highest BCUT2D eigenvalue weighted by Crippen LogP contribution is 2.51. The summed E-state index contributed by atoms with van der Waals surface area (Å²) < 4.78 is 38.5. The van der Waals surface area contributed by atoms with Crippen molar-refractivity contribution in [2.75, 3.05) is 5.32 Å². The van der Waals surface area contributed by atoms with Crippen molar-refractivity contribution in [3.63, 3.8) is 0 Å². The first-order valence-electron chi connectivity index (χ1n) is 9.02. The summed E-state index contributed by atoms with van der Waals surface area (Å²) in [7, 11) is 0. The Bertz CT molecular complexity index is 1150. The van der Waals surface area contributed by atoms with E-state index in [9.17, 15) is 23.2 Å². The van der Waals surface area contributed by atoms with Crippen molar-refractivity contribution in [1.82, 2.24) is 10.2 Å². The Balaban J connectivity index is 1.72. The lowest BCUT2D eigenvalue weighted by Crippen LogP contribution is -2.37. The number of nitrogens with zero attached hydrogens (tertiary/aromatic N) is 3. The number of nitrogens with one attached hydrogen (secondary N) is 1. The Morgan fingerprint density at radius 1 is 1.23 bits per heavy atom. The SMILES string of the molecule is C[C@@]1(C(=O)Nc2nnc(C(F)(F)F)s2)Cc2ccc(C#N)cc2[C@@H]1c1ccccc1. The molecule has 0 radical (unpaired) electrons. The van der Waals surface area contributed by atoms with E-state index in [1.807, 2.05) is 36.4 Å². The molecule has 1 heterocycles. The number of rotatable bonds is 3. The highest BCUT2D eigenvalue weighted by Gasteiger charge is 2.49. The number of benzene rings is 2. The molecule has 5 nitrogen and oxygen atoms in total. The number of alkyl halides is 3. The summed E-state index contributed by atoms with van der Waals surface area (Å²) in [6.45, 7) is 1.78. The normalized spacial score (nSPS) is 20.4. The van der Waals surface area contributed by atoms with Gasteiger partial charge in [-0.1, -0.05) is 47.7 Å². The average molecular weight is 428 g/mol. The van der Waals surface area contributed by atoms with E-state index in [0.29, 0.717) is 23.3 Å². The van der Waals surface area contributed by atoms with Gasteiger partial charge in [0.1, 0.15) is 0 Å². The third-order valence-corrected chi connectivity index (χ3v) is 6.20. The second kappa shape index (κ2) is 7.22. The molecule has 0 fully saturated rings. The minimum Gasteiger partial charge on any atom is -0.300 e. The van der Waals surface area contributed by atoms with Gasteiger partial charge in [-0.05, 0) is 42.2 Å². The molecule has 1 aliphatic rings. The minimum absolute atomic E-state index is 0.200. The predicted molar refractivity (Wildman–Crippen MR) is 105 cm³/mol. The lowest BCUT2D eigenvalue weighted by atomic mass is 9.73. The van der Waals surface area contributed by atoms with Gasteiger partial charge in [0.05, 0.1) is 17.0 Å². The maximum Gasteiger partial charge on any atom is 0.445 e. The molecule has 1 amide bonds. The van der Waals surface area contributed by atoms with Crippen LogP contribution in [0.5, 0.6) is 0 Å². The van der Waals surface area contributed by atoms with Gasteiger partial charge in [0, 0.05) is 5.92 Å². The number of anilines is 1. The number of hydrogen-bond donors (Lipinski definition) is 1. The summed E-state index contributed by atoms with van der Waals surface area (Å²) in [6.07, 6.45) is -4.24. The lowest BCUT2D eigenvalue weighted by Gasteiger charge is -2.30. The molecule has 1 aromatic heterocycles. The fraction of sp³-hybridized carbons (Fsp3) is 0.238. The Kier molecular flexibility index (Phi) is 4.82. The number of amides is 1. The fourth-order valence-corrected chi connectivity index (χ4v) is 4.57. The van der Waals surface area contributed by atoms with Crippen molar-refractivity contribution in [2.45, 2.75) is 25.4 Å². The lowest BCUT2D eigenvalue weighted by molar-refractivity contribution is -0.138. The van der Waals surface area contributed by atoms with Gasteiger partial charge in [0.15, 0.2) is 0 Å². The number of nitriles is 1. The summed E-state index contributed by atoms with van der Waals surface area (Å²) in [5.41, 5.74) is 2.18. The molecule has 30 heavy (non-hydrogen) atoms. The van der Waals surface area contributed by atoms with Crippen LogP contribution in [-0.4, -0.2) is 16.1 Å². The standard InChI is InChI=1S/C21H15F3N4OS/c1-20(17(29)26-19-28-27-18(30-19)21(22,23)24)10-14-8-7-12(11-25)9-15(14)16(20)13-5-3-2-4-6-13/h2-9,16H,10H2,1H3,(H,26,28,29)/t16-,20+/m0/s1. The first-order valence-corrected chi connectivity index (χ1v) is 9.84. The molecule has 152 valence electrons. The van der Waals surface area contributed by atoms with Crippen molar-refractivity contribution in [3.05, 3.63) is 75.8 Å². The molecule has 9 heteroatoms. The molecule has 2 aromatic carbocycles. The minimum atomic E-state index is -4.62. The molecule has 1 aliphatic carbocycles. The number of halogens is 3. The van der Waals surface area contributed by atoms with E-state index in [1.54, 1.807) is 19.1 Å². The quantitative estimate of drug-likeness (QED) is 0.652. The number of carbonyl (C=O) groups is 1. The summed E-state index contributed by atoms with van der Waals surface area (Å²) in [6, 6.07) is 16.8. The molecular formula is C21H15F3N4OS. The van der Waals surface area contributed by atoms with Gasteiger partial charge in [0.2, 0.25) is 16.0 Å². The third kappa shape index (κ3) is 3.44. The van der Waals surface area contributed by atoms with Crippen LogP contribution >= 0.6 is 11.3 Å². The monoisotopic (exact) mass is 428 g/mol. The maximum absolute atomic E-state index is 13.3. The third-order valence-electron chi connectivity index (χ3n) is 5.32. The van der Waals surface area contributed by atoms with Crippen LogP contribution in [0.3, 0.4) is 0 Å². The van der Waals surface area contributed by atoms with Crippen LogP contribution in [0.2, 0.25) is 0 Å². The number of carbonyl (C=O) groups excluding carboxylic acids is 1. The predicted octanol–water partition coefficient (Wildman–Crippen LogP) is 4.76. The van der Waals surface area contributed by atoms with Crippen molar-refractivity contribution >= 4 is 22.4 Å². The number of aromatic nitrogens is 2. The highest BCUT2D eigenvalue weighted by atomic mass is 32.1. The smallest absolute Gasteiger partial charge is 0.300 e. The molecule has 4 rings (SSSR count). The van der Waals surface area contributed by atoms with Gasteiger partial charge >= 0.3 is 6.18 Å². The molecular weight excluding hydrogens is 413 g/mol. The van der Waals surface area contributed by atoms with Crippen LogP contribution in [-0.2, 0) is 17.4 Å². The van der Waals surface area contributed by atoms with Crippen molar-refractivity contribution in [1.29, 1.82) is 5.26 Å². The van der Waals surface area contributed by atoms with E-state index >= 15 is 0 Å². The zero-order valence-corrected chi connectivity index (χ0v) is 16.5. The Morgan fingerprint density at radius 3 is 2.60 bits per heavy atom. The largest absolute Gasteiger partial charge is 0.445 e. The van der Waals surface area contributed by atoms with Gasteiger partial charge in [-0.25, -0.2) is 0 Å². The topological polar surface area (TPSA) is 78.7 Å². The van der Waals surface area contributed by atoms with Crippen LogP contribution in [0, 0.1) is 16.7 Å². The van der Waals surface area contributed by atoms with Crippen LogP contribution < -0.4 is 5.32 Å². The number of hydrogen-bond acceptors (Lipinski definition) is 5. The summed E-state index contributed by atoms with van der Waals surface area (Å²) in [4.78, 5) is 13.3. The van der Waals surface area contributed by atoms with Crippen LogP contribution in [0.25, 0.3) is 0 Å². The Hall–Kier alpha value is -3.25. The molecule has 0 saturated carbocycles. The van der Waals surface area contributed by atoms with E-state index in [1.165, 1.54) is 0 Å². The van der Waals surface area contributed by atoms with Crippen LogP contribution in [0.4, 0.5) is 18.3 Å². The van der Waals surface area contributed by atoms with Crippen molar-refractivity contribution < 1.29 is 18.0 Å². The van der Waals surface area contributed by atoms with E-state index in [-0.39, 0.29) is 11.0 Å². The highest BCUT2D eigenvalue weighted by molar-refractivity contribution is 7.15. The average Bonchev–Trinajstić information content (AvgIpc) is 3.30. The van der Waals surface area contributed by atoms with Gasteiger partial charge in [-0.15, -0.1) is 10.2 Å². The van der Waals surface area contributed by atoms with Crippen molar-refractivity contribution in [2.24, 2.45) is 5.41 Å². The van der Waals surface area contributed by atoms with E-state index in [2.05, 4.69) is 21.6 Å². The van der Waals surface area contributed by atoms with Gasteiger partial charge in [0.25, 0.3) is 0 Å². The summed E-state index contributed by atoms with van der Waals surface area (Å²) in [5, 5.41) is 17.1. The van der Waals surface area contributed by atoms with Crippen LogP contribution in [0.15, 0.2) is 48.5 Å². The zero-order chi connectivity index (χ0) is 21.5. The first kappa shape index (κ1) is 20.0. The van der Waals surface area contributed by atoms with E-state index < -0.39 is 22.5 Å². The number of fused-ring (bicyclic) bond motifs is 1.